The van der Waals surface area contributed by atoms with Gasteiger partial charge in [-0.25, -0.2) is 13.4 Å². The third kappa shape index (κ3) is 6.89. The molecule has 4 aromatic rings. The van der Waals surface area contributed by atoms with Crippen molar-refractivity contribution >= 4 is 27.2 Å². The maximum atomic E-state index is 13.5. The first-order valence-corrected chi connectivity index (χ1v) is 14.7. The molecule has 4 rings (SSSR count). The SMILES string of the molecule is COc1ccccc1Oc1c(NS(=O)(=O)c2ccc(C(C)(C)C)cc2)nc(-c2ccsc2)nc1OCC(O)CO. The number of ether oxygens (including phenoxy) is 3. The van der Waals surface area contributed by atoms with E-state index in [2.05, 4.69) is 14.7 Å². The summed E-state index contributed by atoms with van der Waals surface area (Å²) >= 11 is 1.41. The second-order valence-corrected chi connectivity index (χ2v) is 12.3. The molecule has 2 heterocycles. The van der Waals surface area contributed by atoms with Crippen molar-refractivity contribution in [3.8, 4) is 34.5 Å². The molecule has 0 saturated carbocycles. The molecular weight excluding hydrogens is 554 g/mol. The zero-order chi connectivity index (χ0) is 28.9. The monoisotopic (exact) mass is 585 g/mol. The van der Waals surface area contributed by atoms with E-state index in [4.69, 9.17) is 14.2 Å². The van der Waals surface area contributed by atoms with Crippen LogP contribution >= 0.6 is 11.3 Å². The van der Waals surface area contributed by atoms with Gasteiger partial charge in [0, 0.05) is 10.9 Å². The Bertz CT molecular complexity index is 1540. The van der Waals surface area contributed by atoms with Gasteiger partial charge in [0.25, 0.3) is 15.9 Å². The van der Waals surface area contributed by atoms with Crippen LogP contribution in [0.15, 0.2) is 70.3 Å². The van der Waals surface area contributed by atoms with Gasteiger partial charge in [-0.3, -0.25) is 4.72 Å². The fraction of sp³-hybridized carbons (Fsp3) is 0.286. The van der Waals surface area contributed by atoms with Gasteiger partial charge in [0.2, 0.25) is 5.75 Å². The Labute approximate surface area is 237 Å². The first kappa shape index (κ1) is 29.3. The van der Waals surface area contributed by atoms with Gasteiger partial charge in [-0.05, 0) is 46.7 Å². The Balaban J connectivity index is 1.84. The summed E-state index contributed by atoms with van der Waals surface area (Å²) < 4.78 is 46.8. The van der Waals surface area contributed by atoms with Crippen molar-refractivity contribution in [2.45, 2.75) is 37.2 Å². The smallest absolute Gasteiger partial charge is 0.263 e. The van der Waals surface area contributed by atoms with E-state index in [-0.39, 0.29) is 45.9 Å². The van der Waals surface area contributed by atoms with Crippen LogP contribution < -0.4 is 18.9 Å². The average Bonchev–Trinajstić information content (AvgIpc) is 3.48. The Morgan fingerprint density at radius 3 is 2.33 bits per heavy atom. The number of hydrogen-bond acceptors (Lipinski definition) is 10. The molecule has 0 aliphatic heterocycles. The maximum absolute atomic E-state index is 13.5. The summed E-state index contributed by atoms with van der Waals surface area (Å²) in [6.07, 6.45) is -1.21. The molecule has 1 atom stereocenters. The van der Waals surface area contributed by atoms with Crippen LogP contribution in [0.2, 0.25) is 0 Å². The summed E-state index contributed by atoms with van der Waals surface area (Å²) in [5, 5.41) is 22.8. The second-order valence-electron chi connectivity index (χ2n) is 9.82. The van der Waals surface area contributed by atoms with Crippen LogP contribution in [0.5, 0.6) is 23.1 Å². The number of aliphatic hydroxyl groups is 2. The molecule has 12 heteroatoms. The second kappa shape index (κ2) is 12.2. The van der Waals surface area contributed by atoms with Gasteiger partial charge in [-0.15, -0.1) is 0 Å². The number of aliphatic hydroxyl groups excluding tert-OH is 2. The van der Waals surface area contributed by atoms with Crippen LogP contribution in [-0.2, 0) is 15.4 Å². The van der Waals surface area contributed by atoms with Crippen molar-refractivity contribution in [1.82, 2.24) is 9.97 Å². The zero-order valence-corrected chi connectivity index (χ0v) is 24.1. The molecule has 0 spiro atoms. The van der Waals surface area contributed by atoms with Crippen molar-refractivity contribution < 1.29 is 32.8 Å². The number of nitrogens with one attached hydrogen (secondary N) is 1. The van der Waals surface area contributed by atoms with E-state index in [9.17, 15) is 18.6 Å². The van der Waals surface area contributed by atoms with Gasteiger partial charge < -0.3 is 24.4 Å². The van der Waals surface area contributed by atoms with Crippen molar-refractivity contribution in [1.29, 1.82) is 0 Å². The molecule has 0 aliphatic carbocycles. The molecule has 0 radical (unpaired) electrons. The molecule has 2 aromatic carbocycles. The number of thiophene rings is 1. The lowest BCUT2D eigenvalue weighted by atomic mass is 9.87. The quantitative estimate of drug-likeness (QED) is 0.226. The first-order chi connectivity index (χ1) is 19.0. The minimum Gasteiger partial charge on any atom is -0.493 e. The highest BCUT2D eigenvalue weighted by atomic mass is 32.2. The molecule has 0 saturated heterocycles. The normalized spacial score (nSPS) is 12.6. The van der Waals surface area contributed by atoms with E-state index in [0.717, 1.165) is 5.56 Å². The summed E-state index contributed by atoms with van der Waals surface area (Å²) in [7, 11) is -2.67. The van der Waals surface area contributed by atoms with Crippen LogP contribution in [0.25, 0.3) is 11.4 Å². The fourth-order valence-electron chi connectivity index (χ4n) is 3.57. The predicted molar refractivity (Wildman–Crippen MR) is 153 cm³/mol. The third-order valence-corrected chi connectivity index (χ3v) is 7.82. The van der Waals surface area contributed by atoms with E-state index in [1.54, 1.807) is 47.8 Å². The molecule has 212 valence electrons. The number of para-hydroxylation sites is 2. The lowest BCUT2D eigenvalue weighted by Crippen LogP contribution is -2.22. The number of sulfonamides is 1. The van der Waals surface area contributed by atoms with E-state index in [1.807, 2.05) is 26.2 Å². The van der Waals surface area contributed by atoms with Crippen molar-refractivity contribution in [2.24, 2.45) is 0 Å². The molecule has 40 heavy (non-hydrogen) atoms. The Morgan fingerprint density at radius 1 is 1.02 bits per heavy atom. The number of aromatic nitrogens is 2. The van der Waals surface area contributed by atoms with Gasteiger partial charge in [-0.1, -0.05) is 45.0 Å². The number of anilines is 1. The number of benzene rings is 2. The van der Waals surface area contributed by atoms with Crippen LogP contribution in [0.4, 0.5) is 5.82 Å². The molecule has 3 N–H and O–H groups in total. The fourth-order valence-corrected chi connectivity index (χ4v) is 5.21. The highest BCUT2D eigenvalue weighted by molar-refractivity contribution is 7.92. The van der Waals surface area contributed by atoms with E-state index < -0.39 is 22.7 Å². The Kier molecular flexibility index (Phi) is 8.94. The molecule has 0 amide bonds. The molecule has 10 nitrogen and oxygen atoms in total. The summed E-state index contributed by atoms with van der Waals surface area (Å²) in [6, 6.07) is 15.1. The summed E-state index contributed by atoms with van der Waals surface area (Å²) in [4.78, 5) is 8.97. The summed E-state index contributed by atoms with van der Waals surface area (Å²) in [5.41, 5.74) is 1.45. The zero-order valence-electron chi connectivity index (χ0n) is 22.5. The van der Waals surface area contributed by atoms with Crippen molar-refractivity contribution in [3.63, 3.8) is 0 Å². The molecule has 0 aliphatic rings. The highest BCUT2D eigenvalue weighted by Crippen LogP contribution is 2.42. The van der Waals surface area contributed by atoms with Crippen LogP contribution in [0.3, 0.4) is 0 Å². The minimum absolute atomic E-state index is 0.0256. The highest BCUT2D eigenvalue weighted by Gasteiger charge is 2.26. The van der Waals surface area contributed by atoms with Crippen LogP contribution in [0.1, 0.15) is 26.3 Å². The minimum atomic E-state index is -4.14. The standard InChI is InChI=1S/C28H31N3O7S2/c1-28(2,3)19-9-11-21(12-10-19)40(34,35)31-26-24(38-23-8-6-5-7-22(23)36-4)27(37-16-20(33)15-32)30-25(29-26)18-13-14-39-17-18/h5-14,17,20,32-33H,15-16H2,1-4H3,(H,29,30,31). The van der Waals surface area contributed by atoms with Gasteiger partial charge >= 0.3 is 0 Å². The number of rotatable bonds is 11. The van der Waals surface area contributed by atoms with E-state index in [1.165, 1.54) is 30.6 Å². The Morgan fingerprint density at radius 2 is 1.73 bits per heavy atom. The summed E-state index contributed by atoms with van der Waals surface area (Å²) in [6.45, 7) is 5.24. The maximum Gasteiger partial charge on any atom is 0.263 e. The average molecular weight is 586 g/mol. The third-order valence-electron chi connectivity index (χ3n) is 5.78. The molecule has 0 fully saturated rings. The van der Waals surface area contributed by atoms with Gasteiger partial charge in [0.1, 0.15) is 12.7 Å². The number of methoxy groups -OCH3 is 1. The van der Waals surface area contributed by atoms with Crippen molar-refractivity contribution in [2.75, 3.05) is 25.0 Å². The summed E-state index contributed by atoms with van der Waals surface area (Å²) in [5.74, 6) is 0.314. The topological polar surface area (TPSA) is 140 Å². The lowest BCUT2D eigenvalue weighted by molar-refractivity contribution is 0.0513. The van der Waals surface area contributed by atoms with Crippen molar-refractivity contribution in [3.05, 3.63) is 70.9 Å². The molecular formula is C28H31N3O7S2. The first-order valence-electron chi connectivity index (χ1n) is 12.3. The van der Waals surface area contributed by atoms with Gasteiger partial charge in [0.15, 0.2) is 23.1 Å². The largest absolute Gasteiger partial charge is 0.493 e. The number of hydrogen-bond donors (Lipinski definition) is 3. The Hall–Kier alpha value is -3.71. The molecule has 2 aromatic heterocycles. The van der Waals surface area contributed by atoms with E-state index in [0.29, 0.717) is 11.3 Å². The predicted octanol–water partition coefficient (Wildman–Crippen LogP) is 4.84. The van der Waals surface area contributed by atoms with Gasteiger partial charge in [0.05, 0.1) is 18.6 Å². The van der Waals surface area contributed by atoms with Gasteiger partial charge in [-0.2, -0.15) is 16.3 Å². The lowest BCUT2D eigenvalue weighted by Gasteiger charge is -2.20. The van der Waals surface area contributed by atoms with E-state index >= 15 is 0 Å². The molecule has 0 bridgehead atoms. The molecule has 1 unspecified atom stereocenters. The van der Waals surface area contributed by atoms with Crippen LogP contribution in [0, 0.1) is 0 Å². The number of nitrogens with zero attached hydrogens (tertiary/aromatic N) is 2. The van der Waals surface area contributed by atoms with Crippen LogP contribution in [-0.4, -0.2) is 55.0 Å².